The molecule has 3 aliphatic rings. The van der Waals surface area contributed by atoms with Crippen LogP contribution in [0.4, 0.5) is 20.6 Å². The van der Waals surface area contributed by atoms with E-state index in [1.807, 2.05) is 6.07 Å². The van der Waals surface area contributed by atoms with Gasteiger partial charge in [-0.3, -0.25) is 4.90 Å². The number of carbonyl (C=O) groups is 1. The summed E-state index contributed by atoms with van der Waals surface area (Å²) in [6.07, 6.45) is -0.769. The maximum atomic E-state index is 15.0. The van der Waals surface area contributed by atoms with Crippen LogP contribution < -0.4 is 20.4 Å². The van der Waals surface area contributed by atoms with Crippen molar-refractivity contribution in [3.05, 3.63) is 59.9 Å². The van der Waals surface area contributed by atoms with Crippen molar-refractivity contribution in [3.8, 4) is 0 Å². The minimum Gasteiger partial charge on any atom is -0.442 e. The Morgan fingerprint density at radius 1 is 1.16 bits per heavy atom. The van der Waals surface area contributed by atoms with Gasteiger partial charge in [-0.2, -0.15) is 0 Å². The molecule has 6 nitrogen and oxygen atoms in total. The summed E-state index contributed by atoms with van der Waals surface area (Å²) in [6.45, 7) is 5.17. The second-order valence-electron chi connectivity index (χ2n) is 8.81. The highest BCUT2D eigenvalue weighted by molar-refractivity contribution is 7.80. The van der Waals surface area contributed by atoms with Crippen molar-refractivity contribution in [1.29, 1.82) is 0 Å². The maximum Gasteiger partial charge on any atom is 0.414 e. The first-order valence-electron chi connectivity index (χ1n) is 11.0. The quantitative estimate of drug-likeness (QED) is 0.626. The number of hydrogen-bond acceptors (Lipinski definition) is 5. The summed E-state index contributed by atoms with van der Waals surface area (Å²) < 4.78 is 20.3. The Kier molecular flexibility index (Phi) is 5.73. The zero-order valence-electron chi connectivity index (χ0n) is 18.0. The number of ether oxygens (including phenoxy) is 1. The molecule has 168 valence electrons. The fraction of sp³-hybridized carbons (Fsp3) is 0.417. The lowest BCUT2D eigenvalue weighted by atomic mass is 10.2. The third-order valence-electron chi connectivity index (χ3n) is 6.62. The van der Waals surface area contributed by atoms with Gasteiger partial charge in [0.05, 0.1) is 29.5 Å². The Bertz CT molecular complexity index is 1010. The van der Waals surface area contributed by atoms with Crippen LogP contribution in [0.2, 0.25) is 0 Å². The molecule has 1 amide bonds. The van der Waals surface area contributed by atoms with Gasteiger partial charge in [-0.05, 0) is 42.5 Å². The molecule has 4 atom stereocenters. The summed E-state index contributed by atoms with van der Waals surface area (Å²) in [6, 6.07) is 15.9. The van der Waals surface area contributed by atoms with Crippen LogP contribution in [-0.2, 0) is 11.3 Å². The van der Waals surface area contributed by atoms with Gasteiger partial charge in [0.2, 0.25) is 0 Å². The van der Waals surface area contributed by atoms with Crippen molar-refractivity contribution >= 4 is 34.7 Å². The molecular weight excluding hydrogens is 427 g/mol. The zero-order chi connectivity index (χ0) is 22.2. The van der Waals surface area contributed by atoms with Crippen LogP contribution in [0.1, 0.15) is 12.5 Å². The Morgan fingerprint density at radius 3 is 2.59 bits per heavy atom. The first kappa shape index (κ1) is 21.2. The molecule has 2 heterocycles. The molecule has 8 heteroatoms. The van der Waals surface area contributed by atoms with Crippen LogP contribution in [0, 0.1) is 17.7 Å². The van der Waals surface area contributed by atoms with Gasteiger partial charge < -0.3 is 20.3 Å². The van der Waals surface area contributed by atoms with E-state index in [1.54, 1.807) is 19.1 Å². The average Bonchev–Trinajstić information content (AvgIpc) is 3.09. The van der Waals surface area contributed by atoms with Crippen molar-refractivity contribution in [2.24, 2.45) is 11.8 Å². The van der Waals surface area contributed by atoms with Crippen LogP contribution in [0.5, 0.6) is 0 Å². The number of nitrogens with one attached hydrogen (secondary N) is 2. The van der Waals surface area contributed by atoms with Gasteiger partial charge in [-0.1, -0.05) is 42.5 Å². The van der Waals surface area contributed by atoms with E-state index in [-0.39, 0.29) is 11.9 Å². The Hall–Kier alpha value is -2.71. The molecule has 5 rings (SSSR count). The van der Waals surface area contributed by atoms with Gasteiger partial charge >= 0.3 is 6.09 Å². The topological polar surface area (TPSA) is 56.8 Å². The molecular formula is C24H27FN4O2S. The molecule has 0 aromatic heterocycles. The maximum absolute atomic E-state index is 15.0. The molecule has 0 spiro atoms. The fourth-order valence-electron chi connectivity index (χ4n) is 4.87. The van der Waals surface area contributed by atoms with Crippen LogP contribution in [-0.4, -0.2) is 49.4 Å². The SMILES string of the molecule is CC(=S)NC[C@H]1CN(c2ccc(N3C[C@@H]4C(NCc5ccccc5)[C@@H]4C3)c(F)c2)C(=O)O1. The van der Waals surface area contributed by atoms with Crippen LogP contribution in [0.15, 0.2) is 48.5 Å². The van der Waals surface area contributed by atoms with Gasteiger partial charge in [0.1, 0.15) is 11.9 Å². The molecule has 2 N–H and O–H groups in total. The number of rotatable bonds is 7. The van der Waals surface area contributed by atoms with E-state index >= 15 is 0 Å². The lowest BCUT2D eigenvalue weighted by Crippen LogP contribution is -2.33. The Balaban J connectivity index is 1.16. The highest BCUT2D eigenvalue weighted by atomic mass is 32.1. The number of halogens is 1. The largest absolute Gasteiger partial charge is 0.442 e. The van der Waals surface area contributed by atoms with Gasteiger partial charge in [0, 0.05) is 25.7 Å². The van der Waals surface area contributed by atoms with Gasteiger partial charge in [0.25, 0.3) is 0 Å². The minimum absolute atomic E-state index is 0.304. The smallest absolute Gasteiger partial charge is 0.414 e. The number of carbonyl (C=O) groups excluding carboxylic acids is 1. The predicted molar refractivity (Wildman–Crippen MR) is 127 cm³/mol. The molecule has 1 unspecified atom stereocenters. The minimum atomic E-state index is -0.458. The third kappa shape index (κ3) is 4.29. The second-order valence-corrected chi connectivity index (χ2v) is 9.43. The van der Waals surface area contributed by atoms with Crippen LogP contribution >= 0.6 is 12.2 Å². The number of piperidine rings is 1. The van der Waals surface area contributed by atoms with Crippen LogP contribution in [0.3, 0.4) is 0 Å². The van der Waals surface area contributed by atoms with E-state index in [0.717, 1.165) is 19.6 Å². The summed E-state index contributed by atoms with van der Waals surface area (Å²) in [4.78, 5) is 16.5. The standard InChI is InChI=1S/C24H27FN4O2S/c1-15(32)26-11-18-12-29(24(30)31-18)17-7-8-22(21(25)9-17)28-13-19-20(14-28)23(19)27-10-16-5-3-2-4-6-16/h2-9,18-20,23,27H,10-14H2,1H3,(H,26,32)/t18-,19-,20+,23?/m0/s1. The van der Waals surface area contributed by atoms with Gasteiger partial charge in [0.15, 0.2) is 0 Å². The van der Waals surface area contributed by atoms with Crippen molar-refractivity contribution in [2.75, 3.05) is 36.0 Å². The number of anilines is 2. The average molecular weight is 455 g/mol. The molecule has 3 fully saturated rings. The first-order chi connectivity index (χ1) is 15.5. The summed E-state index contributed by atoms with van der Waals surface area (Å²) >= 11 is 5.00. The Morgan fingerprint density at radius 2 is 1.91 bits per heavy atom. The normalized spacial score (nSPS) is 26.1. The lowest BCUT2D eigenvalue weighted by molar-refractivity contribution is 0.143. The third-order valence-corrected chi connectivity index (χ3v) is 6.76. The van der Waals surface area contributed by atoms with E-state index in [4.69, 9.17) is 17.0 Å². The molecule has 2 aromatic rings. The van der Waals surface area contributed by atoms with E-state index in [2.05, 4.69) is 39.8 Å². The molecule has 2 aromatic carbocycles. The van der Waals surface area contributed by atoms with E-state index < -0.39 is 6.09 Å². The number of hydrogen-bond donors (Lipinski definition) is 2. The molecule has 0 radical (unpaired) electrons. The van der Waals surface area contributed by atoms with Gasteiger partial charge in [-0.25, -0.2) is 9.18 Å². The van der Waals surface area contributed by atoms with E-state index in [9.17, 15) is 9.18 Å². The predicted octanol–water partition coefficient (Wildman–Crippen LogP) is 3.31. The van der Waals surface area contributed by atoms with Crippen LogP contribution in [0.25, 0.3) is 0 Å². The lowest BCUT2D eigenvalue weighted by Gasteiger charge is -2.24. The van der Waals surface area contributed by atoms with Crippen molar-refractivity contribution in [3.63, 3.8) is 0 Å². The van der Waals surface area contributed by atoms with Crippen molar-refractivity contribution in [1.82, 2.24) is 10.6 Å². The number of fused-ring (bicyclic) bond motifs is 1. The number of benzene rings is 2. The van der Waals surface area contributed by atoms with Crippen molar-refractivity contribution < 1.29 is 13.9 Å². The van der Waals surface area contributed by atoms with Gasteiger partial charge in [-0.15, -0.1) is 0 Å². The summed E-state index contributed by atoms with van der Waals surface area (Å²) in [7, 11) is 0. The zero-order valence-corrected chi connectivity index (χ0v) is 18.8. The number of amides is 1. The molecule has 32 heavy (non-hydrogen) atoms. The number of cyclic esters (lactones) is 1. The molecule has 2 aliphatic heterocycles. The molecule has 1 saturated carbocycles. The number of nitrogens with zero attached hydrogens (tertiary/aromatic N) is 2. The van der Waals surface area contributed by atoms with Crippen molar-refractivity contribution in [2.45, 2.75) is 25.6 Å². The highest BCUT2D eigenvalue weighted by Gasteiger charge is 2.55. The Labute approximate surface area is 192 Å². The molecule has 2 saturated heterocycles. The second kappa shape index (κ2) is 8.67. The summed E-state index contributed by atoms with van der Waals surface area (Å²) in [5.41, 5.74) is 2.40. The van der Waals surface area contributed by atoms with E-state index in [0.29, 0.717) is 47.3 Å². The summed E-state index contributed by atoms with van der Waals surface area (Å²) in [5.74, 6) is 0.815. The molecule has 0 bridgehead atoms. The number of thiocarbonyl (C=S) groups is 1. The molecule has 1 aliphatic carbocycles. The summed E-state index contributed by atoms with van der Waals surface area (Å²) in [5, 5.41) is 6.65. The fourth-order valence-corrected chi connectivity index (χ4v) is 4.96. The monoisotopic (exact) mass is 454 g/mol. The van der Waals surface area contributed by atoms with E-state index in [1.165, 1.54) is 16.5 Å². The first-order valence-corrected chi connectivity index (χ1v) is 11.4. The highest BCUT2D eigenvalue weighted by Crippen LogP contribution is 2.47.